The van der Waals surface area contributed by atoms with E-state index in [4.69, 9.17) is 4.74 Å². The number of nitro groups is 1. The van der Waals surface area contributed by atoms with Crippen molar-refractivity contribution >= 4 is 28.9 Å². The number of hydrogen-bond donors (Lipinski definition) is 1. The highest BCUT2D eigenvalue weighted by Crippen LogP contribution is 2.28. The van der Waals surface area contributed by atoms with Crippen LogP contribution in [0.4, 0.5) is 11.4 Å². The van der Waals surface area contributed by atoms with Gasteiger partial charge >= 0.3 is 5.97 Å². The molecule has 1 aromatic carbocycles. The van der Waals surface area contributed by atoms with E-state index in [1.807, 2.05) is 0 Å². The number of ketones is 2. The van der Waals surface area contributed by atoms with Gasteiger partial charge in [0.25, 0.3) is 5.69 Å². The molecular formula is C20H23N3O6. The number of benzene rings is 1. The number of Topliss-reactive ketones (excluding diaryl/α,β-unsaturated/α-hetero) is 2. The van der Waals surface area contributed by atoms with E-state index in [9.17, 15) is 24.5 Å². The Hall–Kier alpha value is -3.49. The largest absolute Gasteiger partial charge is 0.451 e. The highest BCUT2D eigenvalue weighted by molar-refractivity contribution is 6.05. The van der Waals surface area contributed by atoms with Crippen molar-refractivity contribution in [2.75, 3.05) is 19.0 Å². The molecule has 0 aliphatic rings. The zero-order chi connectivity index (χ0) is 22.0. The summed E-state index contributed by atoms with van der Waals surface area (Å²) in [6.45, 7) is 6.14. The molecule has 0 saturated heterocycles. The number of hydrogen-bond acceptors (Lipinski definition) is 7. The minimum absolute atomic E-state index is 0.0363. The molecule has 0 bridgehead atoms. The predicted molar refractivity (Wildman–Crippen MR) is 107 cm³/mol. The van der Waals surface area contributed by atoms with Crippen LogP contribution in [0.3, 0.4) is 0 Å². The van der Waals surface area contributed by atoms with Gasteiger partial charge in [0, 0.05) is 31.4 Å². The van der Waals surface area contributed by atoms with Crippen LogP contribution in [0.5, 0.6) is 0 Å². The van der Waals surface area contributed by atoms with Crippen molar-refractivity contribution in [1.29, 1.82) is 0 Å². The Morgan fingerprint density at radius 3 is 2.31 bits per heavy atom. The number of H-pyrrole nitrogens is 1. The number of aromatic amines is 1. The molecule has 0 amide bonds. The Bertz CT molecular complexity index is 1010. The number of aryl methyl sites for hydroxylation is 1. The summed E-state index contributed by atoms with van der Waals surface area (Å²) in [6, 6.07) is 3.96. The van der Waals surface area contributed by atoms with Crippen LogP contribution in [0.25, 0.3) is 0 Å². The number of aromatic nitrogens is 1. The molecule has 2 aromatic rings. The van der Waals surface area contributed by atoms with Gasteiger partial charge in [-0.1, -0.05) is 0 Å². The summed E-state index contributed by atoms with van der Waals surface area (Å²) in [5.74, 6) is -1.52. The fourth-order valence-corrected chi connectivity index (χ4v) is 3.18. The molecule has 0 radical (unpaired) electrons. The topological polar surface area (TPSA) is 123 Å². The van der Waals surface area contributed by atoms with Gasteiger partial charge in [0.1, 0.15) is 5.69 Å². The molecule has 0 fully saturated rings. The minimum Gasteiger partial charge on any atom is -0.451 e. The number of rotatable bonds is 7. The highest BCUT2D eigenvalue weighted by Gasteiger charge is 2.27. The molecular weight excluding hydrogens is 378 g/mol. The highest BCUT2D eigenvalue weighted by atomic mass is 16.6. The molecule has 1 aromatic heterocycles. The van der Waals surface area contributed by atoms with Crippen molar-refractivity contribution in [3.8, 4) is 0 Å². The van der Waals surface area contributed by atoms with Gasteiger partial charge in [-0.25, -0.2) is 4.79 Å². The normalized spacial score (nSPS) is 11.7. The number of nitrogens with one attached hydrogen (secondary N) is 1. The number of anilines is 1. The van der Waals surface area contributed by atoms with Crippen LogP contribution >= 0.6 is 0 Å². The molecule has 0 saturated carbocycles. The quantitative estimate of drug-likeness (QED) is 0.327. The van der Waals surface area contributed by atoms with E-state index >= 15 is 0 Å². The maximum absolute atomic E-state index is 12.7. The number of ether oxygens (including phenoxy) is 1. The van der Waals surface area contributed by atoms with Crippen molar-refractivity contribution in [2.45, 2.75) is 33.8 Å². The predicted octanol–water partition coefficient (Wildman–Crippen LogP) is 3.24. The lowest BCUT2D eigenvalue weighted by Crippen LogP contribution is -2.25. The monoisotopic (exact) mass is 401 g/mol. The fraction of sp³-hybridized carbons (Fsp3) is 0.350. The molecule has 0 spiro atoms. The van der Waals surface area contributed by atoms with Crippen molar-refractivity contribution in [3.05, 3.63) is 56.4 Å². The van der Waals surface area contributed by atoms with E-state index in [1.165, 1.54) is 26.0 Å². The minimum atomic E-state index is -1.15. The van der Waals surface area contributed by atoms with Crippen molar-refractivity contribution < 1.29 is 24.0 Å². The Balaban J connectivity index is 2.26. The summed E-state index contributed by atoms with van der Waals surface area (Å²) in [6.07, 6.45) is -1.15. The summed E-state index contributed by atoms with van der Waals surface area (Å²) in [5, 5.41) is 11.3. The Kier molecular flexibility index (Phi) is 6.21. The van der Waals surface area contributed by atoms with Crippen LogP contribution in [0, 0.1) is 24.0 Å². The lowest BCUT2D eigenvalue weighted by molar-refractivity contribution is -0.384. The van der Waals surface area contributed by atoms with Crippen LogP contribution < -0.4 is 4.90 Å². The Labute approximate surface area is 167 Å². The Morgan fingerprint density at radius 2 is 1.83 bits per heavy atom. The lowest BCUT2D eigenvalue weighted by Gasteiger charge is -2.15. The van der Waals surface area contributed by atoms with Gasteiger partial charge in [-0.15, -0.1) is 0 Å². The third kappa shape index (κ3) is 4.34. The molecule has 0 unspecified atom stereocenters. The smallest absolute Gasteiger partial charge is 0.339 e. The summed E-state index contributed by atoms with van der Waals surface area (Å²) in [7, 11) is 3.30. The summed E-state index contributed by atoms with van der Waals surface area (Å²) >= 11 is 0. The van der Waals surface area contributed by atoms with Crippen LogP contribution in [0.1, 0.15) is 56.3 Å². The maximum Gasteiger partial charge on any atom is 0.339 e. The number of carbonyl (C=O) groups excluding carboxylic acids is 3. The molecule has 1 heterocycles. The van der Waals surface area contributed by atoms with Crippen LogP contribution in [-0.2, 0) is 4.74 Å². The number of nitrogens with zero attached hydrogens (tertiary/aromatic N) is 2. The lowest BCUT2D eigenvalue weighted by atomic mass is 10.0. The first-order chi connectivity index (χ1) is 13.5. The number of esters is 1. The molecule has 9 heteroatoms. The summed E-state index contributed by atoms with van der Waals surface area (Å²) < 4.78 is 5.22. The summed E-state index contributed by atoms with van der Waals surface area (Å²) in [4.78, 5) is 52.0. The summed E-state index contributed by atoms with van der Waals surface area (Å²) in [5.41, 5.74) is 1.74. The van der Waals surface area contributed by atoms with E-state index < -0.39 is 22.8 Å². The van der Waals surface area contributed by atoms with E-state index in [0.717, 1.165) is 6.07 Å². The van der Waals surface area contributed by atoms with Gasteiger partial charge in [-0.05, 0) is 45.4 Å². The first kappa shape index (κ1) is 21.8. The molecule has 2 rings (SSSR count). The van der Waals surface area contributed by atoms with Crippen LogP contribution in [-0.4, -0.2) is 47.6 Å². The number of nitro benzene ring substituents is 1. The van der Waals surface area contributed by atoms with E-state index in [2.05, 4.69) is 4.98 Å². The van der Waals surface area contributed by atoms with Crippen molar-refractivity contribution in [1.82, 2.24) is 4.98 Å². The molecule has 1 atom stereocenters. The Morgan fingerprint density at radius 1 is 1.21 bits per heavy atom. The second kappa shape index (κ2) is 8.26. The molecule has 0 aliphatic heterocycles. The molecule has 29 heavy (non-hydrogen) atoms. The zero-order valence-electron chi connectivity index (χ0n) is 17.2. The van der Waals surface area contributed by atoms with E-state index in [0.29, 0.717) is 22.5 Å². The average Bonchev–Trinajstić information content (AvgIpc) is 2.94. The van der Waals surface area contributed by atoms with Gasteiger partial charge < -0.3 is 14.6 Å². The standard InChI is InChI=1S/C20H23N3O6/c1-10-17(12(3)24)11(2)21-18(10)19(25)13(4)29-20(26)14-7-8-15(22(5)6)16(9-14)23(27)28/h7-9,13,21H,1-6H3/t13-/m0/s1. The van der Waals surface area contributed by atoms with E-state index in [1.54, 1.807) is 32.8 Å². The third-order valence-corrected chi connectivity index (χ3v) is 4.58. The first-order valence-corrected chi connectivity index (χ1v) is 8.86. The average molecular weight is 401 g/mol. The van der Waals surface area contributed by atoms with E-state index in [-0.39, 0.29) is 22.7 Å². The molecule has 154 valence electrons. The molecule has 0 aliphatic carbocycles. The number of carbonyl (C=O) groups is 3. The van der Waals surface area contributed by atoms with Gasteiger partial charge in [-0.2, -0.15) is 0 Å². The fourth-order valence-electron chi connectivity index (χ4n) is 3.18. The third-order valence-electron chi connectivity index (χ3n) is 4.58. The SMILES string of the molecule is CC(=O)c1c(C)[nH]c(C(=O)[C@H](C)OC(=O)c2ccc(N(C)C)c([N+](=O)[O-])c2)c1C. The van der Waals surface area contributed by atoms with Gasteiger partial charge in [0.2, 0.25) is 5.78 Å². The van der Waals surface area contributed by atoms with Gasteiger partial charge in [-0.3, -0.25) is 19.7 Å². The van der Waals surface area contributed by atoms with Crippen LogP contribution in [0.2, 0.25) is 0 Å². The molecule has 9 nitrogen and oxygen atoms in total. The molecule has 1 N–H and O–H groups in total. The van der Waals surface area contributed by atoms with Gasteiger partial charge in [0.15, 0.2) is 11.9 Å². The van der Waals surface area contributed by atoms with Gasteiger partial charge in [0.05, 0.1) is 16.2 Å². The first-order valence-electron chi connectivity index (χ1n) is 8.86. The van der Waals surface area contributed by atoms with Crippen molar-refractivity contribution in [3.63, 3.8) is 0 Å². The van der Waals surface area contributed by atoms with Crippen LogP contribution in [0.15, 0.2) is 18.2 Å². The van der Waals surface area contributed by atoms with Crippen molar-refractivity contribution in [2.24, 2.45) is 0 Å². The second-order valence-corrected chi connectivity index (χ2v) is 6.95. The second-order valence-electron chi connectivity index (χ2n) is 6.95. The maximum atomic E-state index is 12.7. The zero-order valence-corrected chi connectivity index (χ0v) is 17.2.